The van der Waals surface area contributed by atoms with E-state index in [1.807, 2.05) is 14.0 Å². The fourth-order valence-corrected chi connectivity index (χ4v) is 2.12. The van der Waals surface area contributed by atoms with Gasteiger partial charge in [0.15, 0.2) is 5.96 Å². The van der Waals surface area contributed by atoms with E-state index in [2.05, 4.69) is 38.4 Å². The zero-order chi connectivity index (χ0) is 13.7. The molecule has 1 aliphatic rings. The van der Waals surface area contributed by atoms with Gasteiger partial charge in [0.1, 0.15) is 0 Å². The lowest BCUT2D eigenvalue weighted by molar-refractivity contribution is 0.554. The van der Waals surface area contributed by atoms with E-state index in [0.29, 0.717) is 0 Å². The Morgan fingerprint density at radius 2 is 2.15 bits per heavy atom. The molecule has 6 heteroatoms. The van der Waals surface area contributed by atoms with Gasteiger partial charge >= 0.3 is 0 Å². The molecular weight excluding hydrogens is 365 g/mol. The molecule has 2 rings (SSSR count). The Balaban J connectivity index is 0.00000200. The molecule has 2 N–H and O–H groups in total. The van der Waals surface area contributed by atoms with E-state index >= 15 is 0 Å². The Kier molecular flexibility index (Phi) is 7.32. The molecule has 20 heavy (non-hydrogen) atoms. The fourth-order valence-electron chi connectivity index (χ4n) is 2.12. The van der Waals surface area contributed by atoms with Crippen LogP contribution in [0, 0.1) is 19.8 Å². The summed E-state index contributed by atoms with van der Waals surface area (Å²) in [5, 5.41) is 11.2. The number of aliphatic imine (C=N–C) groups is 1. The van der Waals surface area contributed by atoms with Crippen LogP contribution in [0.5, 0.6) is 0 Å². The molecule has 0 aliphatic heterocycles. The minimum absolute atomic E-state index is 0. The van der Waals surface area contributed by atoms with Crippen molar-refractivity contribution in [3.8, 4) is 0 Å². The molecule has 0 radical (unpaired) electrons. The summed E-state index contributed by atoms with van der Waals surface area (Å²) in [5.41, 5.74) is 2.32. The van der Waals surface area contributed by atoms with Crippen molar-refractivity contribution in [3.05, 3.63) is 17.5 Å². The summed E-state index contributed by atoms with van der Waals surface area (Å²) in [6.07, 6.45) is 3.77. The minimum Gasteiger partial charge on any atom is -0.356 e. The highest BCUT2D eigenvalue weighted by molar-refractivity contribution is 14.0. The van der Waals surface area contributed by atoms with Gasteiger partial charge in [0.05, 0.1) is 5.69 Å². The molecule has 0 atom stereocenters. The second-order valence-corrected chi connectivity index (χ2v) is 5.33. The molecule has 1 saturated carbocycles. The molecule has 0 saturated heterocycles. The van der Waals surface area contributed by atoms with Crippen molar-refractivity contribution < 1.29 is 0 Å². The molecule has 0 spiro atoms. The van der Waals surface area contributed by atoms with Crippen molar-refractivity contribution >= 4 is 29.9 Å². The third-order valence-corrected chi connectivity index (χ3v) is 3.42. The fraction of sp³-hybridized carbons (Fsp3) is 0.714. The summed E-state index contributed by atoms with van der Waals surface area (Å²) in [6.45, 7) is 7.06. The van der Waals surface area contributed by atoms with Gasteiger partial charge in [-0.1, -0.05) is 0 Å². The molecule has 114 valence electrons. The second kappa shape index (κ2) is 8.49. The van der Waals surface area contributed by atoms with Crippen molar-refractivity contribution in [3.63, 3.8) is 0 Å². The molecular formula is C14H26IN5. The van der Waals surface area contributed by atoms with Crippen LogP contribution in [-0.4, -0.2) is 35.9 Å². The predicted octanol–water partition coefficient (Wildman–Crippen LogP) is 2.08. The van der Waals surface area contributed by atoms with Gasteiger partial charge in [0.2, 0.25) is 0 Å². The number of hydrogen-bond donors (Lipinski definition) is 2. The third-order valence-electron chi connectivity index (χ3n) is 3.42. The highest BCUT2D eigenvalue weighted by Gasteiger charge is 2.20. The van der Waals surface area contributed by atoms with Gasteiger partial charge in [0.25, 0.3) is 0 Å². The van der Waals surface area contributed by atoms with E-state index in [1.54, 1.807) is 0 Å². The van der Waals surface area contributed by atoms with E-state index in [1.165, 1.54) is 18.5 Å². The number of guanidine groups is 1. The lowest BCUT2D eigenvalue weighted by Crippen LogP contribution is -2.39. The van der Waals surface area contributed by atoms with Gasteiger partial charge < -0.3 is 10.6 Å². The molecule has 1 heterocycles. The quantitative estimate of drug-likeness (QED) is 0.338. The van der Waals surface area contributed by atoms with Crippen LogP contribution in [-0.2, 0) is 6.54 Å². The van der Waals surface area contributed by atoms with Crippen LogP contribution in [0.15, 0.2) is 11.1 Å². The number of aromatic nitrogens is 2. The average Bonchev–Trinajstić information content (AvgIpc) is 3.15. The van der Waals surface area contributed by atoms with Gasteiger partial charge in [-0.25, -0.2) is 0 Å². The summed E-state index contributed by atoms with van der Waals surface area (Å²) >= 11 is 0. The zero-order valence-corrected chi connectivity index (χ0v) is 15.0. The number of hydrogen-bond acceptors (Lipinski definition) is 2. The second-order valence-electron chi connectivity index (χ2n) is 5.33. The van der Waals surface area contributed by atoms with E-state index in [9.17, 15) is 0 Å². The van der Waals surface area contributed by atoms with Gasteiger partial charge in [-0.2, -0.15) is 5.10 Å². The van der Waals surface area contributed by atoms with E-state index < -0.39 is 0 Å². The summed E-state index contributed by atoms with van der Waals surface area (Å²) in [7, 11) is 1.82. The molecule has 1 aromatic rings. The average molecular weight is 391 g/mol. The van der Waals surface area contributed by atoms with Gasteiger partial charge in [-0.15, -0.1) is 24.0 Å². The standard InChI is InChI=1S/C14H25N5.HI/c1-11-9-12(2)19(18-11)8-4-7-16-14(15-3)17-10-13-5-6-13;/h9,13H,4-8,10H2,1-3H3,(H2,15,16,17);1H. The van der Waals surface area contributed by atoms with Crippen LogP contribution in [0.3, 0.4) is 0 Å². The van der Waals surface area contributed by atoms with E-state index in [0.717, 1.165) is 43.6 Å². The smallest absolute Gasteiger partial charge is 0.190 e. The number of rotatable bonds is 6. The van der Waals surface area contributed by atoms with Crippen LogP contribution in [0.25, 0.3) is 0 Å². The SMILES string of the molecule is CN=C(NCCCn1nc(C)cc1C)NCC1CC1.I. The zero-order valence-electron chi connectivity index (χ0n) is 12.6. The first-order valence-corrected chi connectivity index (χ1v) is 7.14. The first-order chi connectivity index (χ1) is 9.19. The van der Waals surface area contributed by atoms with Crippen LogP contribution < -0.4 is 10.6 Å². The maximum atomic E-state index is 4.46. The van der Waals surface area contributed by atoms with Crippen molar-refractivity contribution in [1.29, 1.82) is 0 Å². The van der Waals surface area contributed by atoms with Crippen LogP contribution >= 0.6 is 24.0 Å². The molecule has 0 aromatic carbocycles. The number of nitrogens with one attached hydrogen (secondary N) is 2. The maximum absolute atomic E-state index is 4.46. The topological polar surface area (TPSA) is 54.2 Å². The predicted molar refractivity (Wildman–Crippen MR) is 93.8 cm³/mol. The van der Waals surface area contributed by atoms with Gasteiger partial charge in [-0.3, -0.25) is 9.67 Å². The van der Waals surface area contributed by atoms with Crippen LogP contribution in [0.4, 0.5) is 0 Å². The Morgan fingerprint density at radius 3 is 2.70 bits per heavy atom. The van der Waals surface area contributed by atoms with Crippen LogP contribution in [0.1, 0.15) is 30.7 Å². The minimum atomic E-state index is 0. The van der Waals surface area contributed by atoms with Crippen molar-refractivity contribution in [2.45, 2.75) is 39.7 Å². The molecule has 1 fully saturated rings. The lowest BCUT2D eigenvalue weighted by atomic mass is 10.4. The van der Waals surface area contributed by atoms with Gasteiger partial charge in [0, 0.05) is 32.4 Å². The molecule has 1 aromatic heterocycles. The summed E-state index contributed by atoms with van der Waals surface area (Å²) in [4.78, 5) is 4.23. The maximum Gasteiger partial charge on any atom is 0.190 e. The van der Waals surface area contributed by atoms with Crippen molar-refractivity contribution in [2.75, 3.05) is 20.1 Å². The molecule has 0 amide bonds. The molecule has 1 aliphatic carbocycles. The molecule has 0 bridgehead atoms. The molecule has 5 nitrogen and oxygen atoms in total. The summed E-state index contributed by atoms with van der Waals surface area (Å²) < 4.78 is 2.07. The number of aryl methyl sites for hydroxylation is 3. The van der Waals surface area contributed by atoms with Crippen molar-refractivity contribution in [2.24, 2.45) is 10.9 Å². The number of halogens is 1. The monoisotopic (exact) mass is 391 g/mol. The van der Waals surface area contributed by atoms with Crippen molar-refractivity contribution in [1.82, 2.24) is 20.4 Å². The molecule has 0 unspecified atom stereocenters. The highest BCUT2D eigenvalue weighted by atomic mass is 127. The Hall–Kier alpha value is -0.790. The summed E-state index contributed by atoms with van der Waals surface area (Å²) in [5.74, 6) is 1.79. The first kappa shape index (κ1) is 17.3. The van der Waals surface area contributed by atoms with E-state index in [4.69, 9.17) is 0 Å². The first-order valence-electron chi connectivity index (χ1n) is 7.14. The Labute approximate surface area is 138 Å². The highest BCUT2D eigenvalue weighted by Crippen LogP contribution is 2.27. The Morgan fingerprint density at radius 1 is 1.40 bits per heavy atom. The largest absolute Gasteiger partial charge is 0.356 e. The van der Waals surface area contributed by atoms with E-state index in [-0.39, 0.29) is 24.0 Å². The normalized spacial score (nSPS) is 14.8. The van der Waals surface area contributed by atoms with Crippen LogP contribution in [0.2, 0.25) is 0 Å². The van der Waals surface area contributed by atoms with Gasteiger partial charge in [-0.05, 0) is 45.1 Å². The number of nitrogens with zero attached hydrogens (tertiary/aromatic N) is 3. The summed E-state index contributed by atoms with van der Waals surface area (Å²) in [6, 6.07) is 2.11. The third kappa shape index (κ3) is 5.68. The Bertz CT molecular complexity index is 437. The lowest BCUT2D eigenvalue weighted by Gasteiger charge is -2.11.